The third-order valence-corrected chi connectivity index (χ3v) is 10.00. The fourth-order valence-corrected chi connectivity index (χ4v) is 7.65. The Kier molecular flexibility index (Phi) is 10.2. The van der Waals surface area contributed by atoms with Gasteiger partial charge in [0.05, 0.1) is 34.7 Å². The van der Waals surface area contributed by atoms with Crippen LogP contribution in [0, 0.1) is 6.92 Å². The molecule has 2 aromatic rings. The normalized spacial score (nSPS) is 22.3. The van der Waals surface area contributed by atoms with Crippen molar-refractivity contribution in [3.8, 4) is 5.88 Å². The van der Waals surface area contributed by atoms with Crippen molar-refractivity contribution < 1.29 is 28.2 Å². The molecule has 2 atom stereocenters. The van der Waals surface area contributed by atoms with Gasteiger partial charge in [0.1, 0.15) is 18.2 Å². The number of aromatic nitrogens is 2. The summed E-state index contributed by atoms with van der Waals surface area (Å²) in [4.78, 5) is 20.8. The number of carbonyl (C=O) groups is 1. The van der Waals surface area contributed by atoms with E-state index in [0.29, 0.717) is 52.9 Å². The van der Waals surface area contributed by atoms with E-state index >= 15 is 0 Å². The van der Waals surface area contributed by atoms with Crippen LogP contribution in [-0.2, 0) is 10.0 Å². The van der Waals surface area contributed by atoms with Gasteiger partial charge in [-0.15, -0.1) is 0 Å². The second-order valence-electron chi connectivity index (χ2n) is 10.1. The van der Waals surface area contributed by atoms with E-state index in [1.54, 1.807) is 22.5 Å². The number of aliphatic hydroxyl groups excluding tert-OH is 2. The highest BCUT2D eigenvalue weighted by atomic mass is 35.5. The maximum atomic E-state index is 12.9. The van der Waals surface area contributed by atoms with Crippen LogP contribution in [0.2, 0.25) is 5.02 Å². The van der Waals surface area contributed by atoms with Crippen molar-refractivity contribution in [2.45, 2.75) is 68.9 Å². The second kappa shape index (κ2) is 13.4. The third-order valence-electron chi connectivity index (χ3n) is 7.19. The minimum atomic E-state index is -3.19. The van der Waals surface area contributed by atoms with E-state index in [2.05, 4.69) is 20.6 Å². The van der Waals surface area contributed by atoms with E-state index in [-0.39, 0.29) is 49.1 Å². The van der Waals surface area contributed by atoms with Crippen LogP contribution in [0.5, 0.6) is 5.88 Å². The lowest BCUT2D eigenvalue weighted by Gasteiger charge is -2.37. The largest absolute Gasteiger partial charge is 0.474 e. The van der Waals surface area contributed by atoms with E-state index in [1.807, 2.05) is 6.92 Å². The Balaban J connectivity index is 0.000000867. The van der Waals surface area contributed by atoms with Crippen LogP contribution < -0.4 is 21.1 Å². The van der Waals surface area contributed by atoms with E-state index in [0.717, 1.165) is 25.7 Å². The average molecular weight is 597 g/mol. The molecule has 3 fully saturated rings. The maximum absolute atomic E-state index is 12.9. The molecule has 2 aliphatic heterocycles. The Bertz CT molecular complexity index is 1280. The number of carbonyl (C=O) groups excluding carboxylic acids is 1. The number of ether oxygens (including phenoxy) is 1. The molecule has 0 spiro atoms. The Labute approximate surface area is 239 Å². The van der Waals surface area contributed by atoms with Crippen molar-refractivity contribution in [1.29, 1.82) is 0 Å². The number of amides is 1. The number of anilines is 2. The lowest BCUT2D eigenvalue weighted by molar-refractivity contribution is 0.0909. The monoisotopic (exact) mass is 596 g/mol. The molecule has 14 heteroatoms. The molecule has 2 unspecified atom stereocenters. The molecule has 1 saturated carbocycles. The van der Waals surface area contributed by atoms with E-state index in [4.69, 9.17) is 32.3 Å². The van der Waals surface area contributed by atoms with Crippen LogP contribution in [-0.4, -0.2) is 88.6 Å². The number of hydrogen-bond acceptors (Lipinski definition) is 10. The van der Waals surface area contributed by atoms with Crippen molar-refractivity contribution in [3.05, 3.63) is 40.7 Å². The lowest BCUT2D eigenvalue weighted by atomic mass is 10.0. The summed E-state index contributed by atoms with van der Waals surface area (Å²) in [5.41, 5.74) is 6.44. The van der Waals surface area contributed by atoms with Gasteiger partial charge in [-0.05, 0) is 50.8 Å². The molecule has 1 aromatic heterocycles. The van der Waals surface area contributed by atoms with Crippen LogP contribution in [0.4, 0.5) is 11.5 Å². The molecular formula is C26H37ClN6O6S. The number of nitrogens with one attached hydrogen (secondary N) is 2. The summed E-state index contributed by atoms with van der Waals surface area (Å²) in [7, 11) is -3.19. The van der Waals surface area contributed by atoms with Gasteiger partial charge in [-0.3, -0.25) is 4.79 Å². The van der Waals surface area contributed by atoms with Crippen molar-refractivity contribution in [2.75, 3.05) is 31.6 Å². The van der Waals surface area contributed by atoms with E-state index in [9.17, 15) is 13.2 Å². The predicted molar refractivity (Wildman–Crippen MR) is 151 cm³/mol. The highest BCUT2D eigenvalue weighted by molar-refractivity contribution is 7.90. The van der Waals surface area contributed by atoms with Crippen molar-refractivity contribution in [2.24, 2.45) is 5.73 Å². The maximum Gasteiger partial charge on any atom is 0.251 e. The zero-order valence-corrected chi connectivity index (χ0v) is 24.0. The number of rotatable bonds is 10. The highest BCUT2D eigenvalue weighted by Crippen LogP contribution is 2.44. The molecule has 40 heavy (non-hydrogen) atoms. The lowest BCUT2D eigenvalue weighted by Crippen LogP contribution is -2.50. The number of halogens is 1. The third kappa shape index (κ3) is 7.01. The van der Waals surface area contributed by atoms with E-state index < -0.39 is 10.0 Å². The summed E-state index contributed by atoms with van der Waals surface area (Å²) < 4.78 is 33.8. The molecule has 1 aromatic carbocycles. The summed E-state index contributed by atoms with van der Waals surface area (Å²) in [5.74, 6) is 0.652. The number of benzene rings is 1. The van der Waals surface area contributed by atoms with Gasteiger partial charge < -0.3 is 31.3 Å². The summed E-state index contributed by atoms with van der Waals surface area (Å²) in [5, 5.41) is 22.5. The highest BCUT2D eigenvalue weighted by Gasteiger charge is 2.52. The number of nitrogens with zero attached hydrogens (tertiary/aromatic N) is 3. The van der Waals surface area contributed by atoms with Gasteiger partial charge in [0.15, 0.2) is 0 Å². The van der Waals surface area contributed by atoms with Gasteiger partial charge in [-0.25, -0.2) is 18.4 Å². The van der Waals surface area contributed by atoms with Gasteiger partial charge in [-0.1, -0.05) is 11.6 Å². The summed E-state index contributed by atoms with van der Waals surface area (Å²) in [6.45, 7) is 2.34. The molecule has 0 radical (unpaired) electrons. The fourth-order valence-electron chi connectivity index (χ4n) is 5.13. The summed E-state index contributed by atoms with van der Waals surface area (Å²) in [6.07, 6.45) is 5.90. The first kappa shape index (κ1) is 30.4. The van der Waals surface area contributed by atoms with Gasteiger partial charge in [-0.2, -0.15) is 4.31 Å². The number of sulfonamides is 1. The molecule has 1 amide bonds. The quantitative estimate of drug-likeness (QED) is 0.271. The van der Waals surface area contributed by atoms with Crippen LogP contribution >= 0.6 is 11.6 Å². The molecule has 3 aliphatic rings. The van der Waals surface area contributed by atoms with Crippen molar-refractivity contribution in [3.63, 3.8) is 0 Å². The molecule has 2 bridgehead atoms. The second-order valence-corrected chi connectivity index (χ2v) is 12.7. The Morgan fingerprint density at radius 3 is 2.40 bits per heavy atom. The Morgan fingerprint density at radius 1 is 1.15 bits per heavy atom. The first-order chi connectivity index (χ1) is 19.2. The Hall–Kier alpha value is -2.55. The first-order valence-electron chi connectivity index (χ1n) is 13.5. The topological polar surface area (TPSA) is 180 Å². The SMILES string of the molecule is Cc1c(Nc2ccc(C(=O)NCCO)cc2Cl)ncnc1OC1CC2CCC(C1)N2S(=O)(=O)C1CC1.NCCO. The number of piperidine rings is 1. The molecule has 2 saturated heterocycles. The van der Waals surface area contributed by atoms with Gasteiger partial charge in [0.2, 0.25) is 15.9 Å². The molecule has 1 aliphatic carbocycles. The molecule has 5 rings (SSSR count). The van der Waals surface area contributed by atoms with Crippen molar-refractivity contribution >= 4 is 39.0 Å². The molecule has 6 N–H and O–H groups in total. The van der Waals surface area contributed by atoms with Gasteiger partial charge in [0.25, 0.3) is 5.91 Å². The fraction of sp³-hybridized carbons (Fsp3) is 0.577. The molecule has 12 nitrogen and oxygen atoms in total. The van der Waals surface area contributed by atoms with Gasteiger partial charge in [0, 0.05) is 43.6 Å². The Morgan fingerprint density at radius 2 is 1.82 bits per heavy atom. The summed E-state index contributed by atoms with van der Waals surface area (Å²) in [6, 6.07) is 4.85. The number of aliphatic hydroxyl groups is 2. The minimum absolute atomic E-state index is 0.00834. The van der Waals surface area contributed by atoms with Gasteiger partial charge >= 0.3 is 0 Å². The average Bonchev–Trinajstić information content (AvgIpc) is 3.76. The zero-order valence-electron chi connectivity index (χ0n) is 22.4. The number of fused-ring (bicyclic) bond motifs is 2. The standard InChI is InChI=1S/C24H30ClN5O5S.C2H7NO/c1-14-22(29-21-7-2-15(10-20(21)25)23(32)26-8-9-31)27-13-28-24(14)35-18-11-16-3-4-17(12-18)30(16)36(33,34)19-5-6-19;3-1-2-4/h2,7,10,13,16-19,31H,3-6,8-9,11-12H2,1H3,(H,26,32)(H,27,28,29);4H,1-3H2. The smallest absolute Gasteiger partial charge is 0.251 e. The number of nitrogens with two attached hydrogens (primary N) is 1. The van der Waals surface area contributed by atoms with Crippen LogP contribution in [0.3, 0.4) is 0 Å². The number of hydrogen-bond donors (Lipinski definition) is 5. The molecular weight excluding hydrogens is 560 g/mol. The first-order valence-corrected chi connectivity index (χ1v) is 15.3. The van der Waals surface area contributed by atoms with Crippen LogP contribution in [0.15, 0.2) is 24.5 Å². The zero-order chi connectivity index (χ0) is 28.9. The molecule has 220 valence electrons. The van der Waals surface area contributed by atoms with E-state index in [1.165, 1.54) is 6.33 Å². The van der Waals surface area contributed by atoms with Crippen LogP contribution in [0.1, 0.15) is 54.4 Å². The van der Waals surface area contributed by atoms with Crippen molar-refractivity contribution in [1.82, 2.24) is 19.6 Å². The molecule has 3 heterocycles. The minimum Gasteiger partial charge on any atom is -0.474 e. The van der Waals surface area contributed by atoms with Crippen LogP contribution in [0.25, 0.3) is 0 Å². The summed E-state index contributed by atoms with van der Waals surface area (Å²) >= 11 is 6.40. The predicted octanol–water partition coefficient (Wildman–Crippen LogP) is 1.71.